The Bertz CT molecular complexity index is 973. The number of aromatic nitrogens is 2. The topological polar surface area (TPSA) is 56.3 Å². The van der Waals surface area contributed by atoms with Gasteiger partial charge < -0.3 is 0 Å². The molecule has 21 heavy (non-hydrogen) atoms. The van der Waals surface area contributed by atoms with Crippen molar-refractivity contribution in [1.29, 1.82) is 0 Å². The Kier molecular flexibility index (Phi) is 3.16. The summed E-state index contributed by atoms with van der Waals surface area (Å²) in [6.07, 6.45) is 2.66. The Hall–Kier alpha value is -2.36. The lowest BCUT2D eigenvalue weighted by molar-refractivity contribution is 0.589. The van der Waals surface area contributed by atoms with Crippen molar-refractivity contribution in [3.05, 3.63) is 65.2 Å². The number of benzene rings is 1. The van der Waals surface area contributed by atoms with Crippen LogP contribution in [0.1, 0.15) is 0 Å². The van der Waals surface area contributed by atoms with E-state index in [0.29, 0.717) is 5.39 Å². The molecule has 7 heteroatoms. The van der Waals surface area contributed by atoms with Crippen LogP contribution in [0.15, 0.2) is 53.7 Å². The van der Waals surface area contributed by atoms with Crippen LogP contribution in [0.3, 0.4) is 0 Å². The monoisotopic (exact) mass is 317 g/mol. The highest BCUT2D eigenvalue weighted by molar-refractivity contribution is 7.90. The quantitative estimate of drug-likeness (QED) is 0.680. The fourth-order valence-corrected chi connectivity index (χ4v) is 3.56. The standard InChI is InChI=1S/C14H8ClN3O2S/c1-16-12-9-17-14-11(13(12)15)7-8-18(14)21(19,20)10-5-3-2-4-6-10/h2-9H. The molecule has 2 heterocycles. The molecule has 0 unspecified atom stereocenters. The Morgan fingerprint density at radius 1 is 1.19 bits per heavy atom. The molecule has 0 atom stereocenters. The summed E-state index contributed by atoms with van der Waals surface area (Å²) in [5, 5.41) is 0.640. The fraction of sp³-hybridized carbons (Fsp3) is 0. The van der Waals surface area contributed by atoms with Crippen molar-refractivity contribution in [2.45, 2.75) is 4.90 Å². The van der Waals surface area contributed by atoms with E-state index in [1.165, 1.54) is 24.5 Å². The van der Waals surface area contributed by atoms with E-state index in [1.807, 2.05) is 0 Å². The molecule has 104 valence electrons. The van der Waals surface area contributed by atoms with E-state index in [0.717, 1.165) is 3.97 Å². The maximum Gasteiger partial charge on any atom is 0.269 e. The number of pyridine rings is 1. The zero-order valence-electron chi connectivity index (χ0n) is 10.6. The van der Waals surface area contributed by atoms with Gasteiger partial charge in [-0.15, -0.1) is 0 Å². The number of nitrogens with zero attached hydrogens (tertiary/aromatic N) is 3. The molecule has 0 saturated carbocycles. The molecule has 3 rings (SSSR count). The van der Waals surface area contributed by atoms with Gasteiger partial charge in [0.05, 0.1) is 16.5 Å². The predicted octanol–water partition coefficient (Wildman–Crippen LogP) is 3.48. The van der Waals surface area contributed by atoms with Gasteiger partial charge in [-0.2, -0.15) is 0 Å². The Labute approximate surface area is 126 Å². The van der Waals surface area contributed by atoms with Crippen molar-refractivity contribution in [2.75, 3.05) is 0 Å². The lowest BCUT2D eigenvalue weighted by atomic mass is 10.3. The van der Waals surface area contributed by atoms with Crippen LogP contribution in [0.2, 0.25) is 5.02 Å². The number of hydrogen-bond donors (Lipinski definition) is 0. The number of fused-ring (bicyclic) bond motifs is 1. The minimum atomic E-state index is -3.74. The molecule has 0 aliphatic carbocycles. The van der Waals surface area contributed by atoms with Crippen molar-refractivity contribution in [1.82, 2.24) is 8.96 Å². The summed E-state index contributed by atoms with van der Waals surface area (Å²) in [6.45, 7) is 7.00. The van der Waals surface area contributed by atoms with Crippen LogP contribution in [-0.4, -0.2) is 17.4 Å². The van der Waals surface area contributed by atoms with Gasteiger partial charge in [0.25, 0.3) is 10.0 Å². The molecule has 0 fully saturated rings. The minimum absolute atomic E-state index is 0.162. The number of hydrogen-bond acceptors (Lipinski definition) is 3. The van der Waals surface area contributed by atoms with E-state index in [4.69, 9.17) is 18.2 Å². The van der Waals surface area contributed by atoms with Gasteiger partial charge in [0, 0.05) is 17.8 Å². The zero-order valence-corrected chi connectivity index (χ0v) is 12.1. The highest BCUT2D eigenvalue weighted by Gasteiger charge is 2.20. The summed E-state index contributed by atoms with van der Waals surface area (Å²) in [6, 6.07) is 9.60. The van der Waals surface area contributed by atoms with Gasteiger partial charge in [-0.05, 0) is 18.2 Å². The summed E-state index contributed by atoms with van der Waals surface area (Å²) in [4.78, 5) is 7.46. The molecule has 0 N–H and O–H groups in total. The first-order valence-corrected chi connectivity index (χ1v) is 7.71. The van der Waals surface area contributed by atoms with Crippen molar-refractivity contribution >= 4 is 38.3 Å². The first kappa shape index (κ1) is 13.6. The first-order chi connectivity index (χ1) is 10.1. The SMILES string of the molecule is [C-]#[N+]c1cnc2c(ccn2S(=O)(=O)c2ccccc2)c1Cl. The van der Waals surface area contributed by atoms with Crippen molar-refractivity contribution in [3.8, 4) is 0 Å². The molecule has 0 aliphatic heterocycles. The van der Waals surface area contributed by atoms with Crippen LogP contribution in [0, 0.1) is 6.57 Å². The van der Waals surface area contributed by atoms with Gasteiger partial charge in [-0.25, -0.2) is 22.2 Å². The third-order valence-electron chi connectivity index (χ3n) is 3.02. The molecule has 5 nitrogen and oxygen atoms in total. The smallest absolute Gasteiger partial charge is 0.249 e. The van der Waals surface area contributed by atoms with Crippen LogP contribution in [0.5, 0.6) is 0 Å². The zero-order chi connectivity index (χ0) is 15.0. The van der Waals surface area contributed by atoms with Gasteiger partial charge in [-0.3, -0.25) is 0 Å². The molecule has 0 radical (unpaired) electrons. The normalized spacial score (nSPS) is 11.4. The van der Waals surface area contributed by atoms with Crippen LogP contribution in [0.25, 0.3) is 15.9 Å². The van der Waals surface area contributed by atoms with E-state index >= 15 is 0 Å². The molecule has 0 saturated heterocycles. The van der Waals surface area contributed by atoms with Gasteiger partial charge in [0.1, 0.15) is 0 Å². The highest BCUT2D eigenvalue weighted by Crippen LogP contribution is 2.33. The number of halogens is 1. The second-order valence-corrected chi connectivity index (χ2v) is 6.43. The van der Waals surface area contributed by atoms with Gasteiger partial charge in [0.15, 0.2) is 5.65 Å². The Morgan fingerprint density at radius 2 is 1.90 bits per heavy atom. The Morgan fingerprint density at radius 3 is 2.57 bits per heavy atom. The molecule has 0 amide bonds. The molecule has 3 aromatic rings. The van der Waals surface area contributed by atoms with Crippen molar-refractivity contribution < 1.29 is 8.42 Å². The average molecular weight is 318 g/mol. The maximum atomic E-state index is 12.6. The fourth-order valence-electron chi connectivity index (χ4n) is 2.00. The van der Waals surface area contributed by atoms with Gasteiger partial charge in [0.2, 0.25) is 5.69 Å². The van der Waals surface area contributed by atoms with Crippen LogP contribution >= 0.6 is 11.6 Å². The summed E-state index contributed by atoms with van der Waals surface area (Å²) in [5.74, 6) is 0. The lowest BCUT2D eigenvalue weighted by Crippen LogP contribution is -2.12. The molecule has 0 aliphatic rings. The van der Waals surface area contributed by atoms with Crippen molar-refractivity contribution in [3.63, 3.8) is 0 Å². The van der Waals surface area contributed by atoms with E-state index in [-0.39, 0.29) is 21.3 Å². The highest BCUT2D eigenvalue weighted by atomic mass is 35.5. The van der Waals surface area contributed by atoms with Crippen LogP contribution in [0.4, 0.5) is 5.69 Å². The van der Waals surface area contributed by atoms with E-state index in [2.05, 4.69) is 9.83 Å². The molecule has 0 bridgehead atoms. The summed E-state index contributed by atoms with van der Waals surface area (Å²) >= 11 is 6.09. The molecular formula is C14H8ClN3O2S. The third kappa shape index (κ3) is 2.07. The molecular weight excluding hydrogens is 310 g/mol. The predicted molar refractivity (Wildman–Crippen MR) is 80.0 cm³/mol. The van der Waals surface area contributed by atoms with E-state index in [9.17, 15) is 8.42 Å². The maximum absolute atomic E-state index is 12.6. The molecule has 0 spiro atoms. The van der Waals surface area contributed by atoms with Crippen LogP contribution < -0.4 is 0 Å². The lowest BCUT2D eigenvalue weighted by Gasteiger charge is -2.07. The largest absolute Gasteiger partial charge is 0.269 e. The van der Waals surface area contributed by atoms with E-state index < -0.39 is 10.0 Å². The minimum Gasteiger partial charge on any atom is -0.249 e. The average Bonchev–Trinajstić information content (AvgIpc) is 2.94. The van der Waals surface area contributed by atoms with Crippen molar-refractivity contribution in [2.24, 2.45) is 0 Å². The van der Waals surface area contributed by atoms with Gasteiger partial charge >= 0.3 is 0 Å². The third-order valence-corrected chi connectivity index (χ3v) is 5.09. The Balaban J connectivity index is 2.28. The van der Waals surface area contributed by atoms with E-state index in [1.54, 1.807) is 24.3 Å². The summed E-state index contributed by atoms with van der Waals surface area (Å²) < 4.78 is 26.3. The summed E-state index contributed by atoms with van der Waals surface area (Å²) in [5.41, 5.74) is 0.398. The van der Waals surface area contributed by atoms with Crippen LogP contribution in [-0.2, 0) is 10.0 Å². The second-order valence-electron chi connectivity index (χ2n) is 4.24. The molecule has 1 aromatic carbocycles. The summed E-state index contributed by atoms with van der Waals surface area (Å²) in [7, 11) is -3.74. The second kappa shape index (κ2) is 4.88. The molecule has 2 aromatic heterocycles. The first-order valence-electron chi connectivity index (χ1n) is 5.89. The number of rotatable bonds is 2. The van der Waals surface area contributed by atoms with Gasteiger partial charge in [-0.1, -0.05) is 29.8 Å².